The Morgan fingerprint density at radius 1 is 0.800 bits per heavy atom. The van der Waals surface area contributed by atoms with Crippen molar-refractivity contribution in [2.75, 3.05) is 0 Å². The van der Waals surface area contributed by atoms with E-state index in [1.54, 1.807) is 0 Å². The quantitative estimate of drug-likeness (QED) is 0.591. The first-order valence-corrected chi connectivity index (χ1v) is 5.59. The fourth-order valence-electron chi connectivity index (χ4n) is 3.37. The molecule has 0 N–H and O–H groups in total. The maximum atomic E-state index is 3.90. The molecule has 0 aromatic carbocycles. The lowest BCUT2D eigenvalue weighted by Crippen LogP contribution is -2.33. The van der Waals surface area contributed by atoms with Crippen LogP contribution in [0.3, 0.4) is 0 Å². The molecule has 0 spiro atoms. The standard InChI is InChI=1S/C8H10Br2/c9-7-1-5-2-8(7,10)4-6(5)3-7/h5-6H,1-4H2. The van der Waals surface area contributed by atoms with Crippen molar-refractivity contribution >= 4 is 31.9 Å². The summed E-state index contributed by atoms with van der Waals surface area (Å²) in [6.45, 7) is 0. The molecule has 4 fully saturated rings. The van der Waals surface area contributed by atoms with Gasteiger partial charge < -0.3 is 0 Å². The first kappa shape index (κ1) is 6.47. The van der Waals surface area contributed by atoms with Crippen LogP contribution in [0.25, 0.3) is 0 Å². The molecule has 0 radical (unpaired) electrons. The molecule has 0 nitrogen and oxygen atoms in total. The van der Waals surface area contributed by atoms with E-state index in [9.17, 15) is 0 Å². The van der Waals surface area contributed by atoms with Crippen molar-refractivity contribution in [2.45, 2.75) is 34.3 Å². The second kappa shape index (κ2) is 1.52. The number of hydrogen-bond donors (Lipinski definition) is 0. The molecule has 0 saturated heterocycles. The number of rotatable bonds is 0. The molecular weight excluding hydrogens is 256 g/mol. The average molecular weight is 266 g/mol. The van der Waals surface area contributed by atoms with Crippen LogP contribution in [0, 0.1) is 11.8 Å². The van der Waals surface area contributed by atoms with Gasteiger partial charge in [-0.2, -0.15) is 0 Å². The van der Waals surface area contributed by atoms with Crippen molar-refractivity contribution in [1.82, 2.24) is 0 Å². The highest BCUT2D eigenvalue weighted by Crippen LogP contribution is 2.73. The Kier molecular flexibility index (Phi) is 0.982. The van der Waals surface area contributed by atoms with Crippen molar-refractivity contribution in [1.29, 1.82) is 0 Å². The molecule has 0 unspecified atom stereocenters. The summed E-state index contributed by atoms with van der Waals surface area (Å²) in [5.41, 5.74) is 0. The lowest BCUT2D eigenvalue weighted by Gasteiger charge is -2.29. The van der Waals surface area contributed by atoms with Crippen LogP contribution in [0.4, 0.5) is 0 Å². The minimum Gasteiger partial charge on any atom is -0.0838 e. The lowest BCUT2D eigenvalue weighted by atomic mass is 10.0. The predicted octanol–water partition coefficient (Wildman–Crippen LogP) is 3.09. The summed E-state index contributed by atoms with van der Waals surface area (Å²) in [7, 11) is 0. The molecule has 4 aliphatic carbocycles. The Hall–Kier alpha value is 0.960. The molecule has 10 heavy (non-hydrogen) atoms. The molecule has 0 aromatic rings. The van der Waals surface area contributed by atoms with Gasteiger partial charge in [-0.1, -0.05) is 31.9 Å². The van der Waals surface area contributed by atoms with Gasteiger partial charge in [-0.3, -0.25) is 0 Å². The molecule has 0 aliphatic heterocycles. The van der Waals surface area contributed by atoms with Crippen LogP contribution in [0.15, 0.2) is 0 Å². The van der Waals surface area contributed by atoms with E-state index in [-0.39, 0.29) is 0 Å². The molecule has 56 valence electrons. The minimum absolute atomic E-state index is 0.509. The van der Waals surface area contributed by atoms with Gasteiger partial charge in [0.05, 0.1) is 0 Å². The van der Waals surface area contributed by atoms with Gasteiger partial charge in [-0.25, -0.2) is 0 Å². The van der Waals surface area contributed by atoms with Gasteiger partial charge in [0.1, 0.15) is 0 Å². The molecular formula is C8H10Br2. The fourth-order valence-corrected chi connectivity index (χ4v) is 5.68. The molecule has 0 atom stereocenters. The summed E-state index contributed by atoms with van der Waals surface area (Å²) >= 11 is 7.81. The summed E-state index contributed by atoms with van der Waals surface area (Å²) in [6, 6.07) is 0. The smallest absolute Gasteiger partial charge is 0.0416 e. The van der Waals surface area contributed by atoms with E-state index in [4.69, 9.17) is 0 Å². The maximum absolute atomic E-state index is 3.90. The molecule has 4 rings (SSSR count). The minimum atomic E-state index is 0.509. The van der Waals surface area contributed by atoms with Gasteiger partial charge in [-0.05, 0) is 37.5 Å². The van der Waals surface area contributed by atoms with Crippen LogP contribution < -0.4 is 0 Å². The Labute approximate surface area is 78.0 Å². The van der Waals surface area contributed by atoms with Gasteiger partial charge in [0.25, 0.3) is 0 Å². The highest BCUT2D eigenvalue weighted by molar-refractivity contribution is 9.13. The van der Waals surface area contributed by atoms with Crippen molar-refractivity contribution in [3.63, 3.8) is 0 Å². The van der Waals surface area contributed by atoms with Gasteiger partial charge >= 0.3 is 0 Å². The fraction of sp³-hybridized carbons (Fsp3) is 1.00. The first-order valence-electron chi connectivity index (χ1n) is 4.01. The van der Waals surface area contributed by atoms with Crippen molar-refractivity contribution in [3.8, 4) is 0 Å². The van der Waals surface area contributed by atoms with Crippen LogP contribution >= 0.6 is 31.9 Å². The summed E-state index contributed by atoms with van der Waals surface area (Å²) < 4.78 is 1.02. The maximum Gasteiger partial charge on any atom is 0.0416 e. The van der Waals surface area contributed by atoms with E-state index >= 15 is 0 Å². The van der Waals surface area contributed by atoms with Gasteiger partial charge in [0, 0.05) is 8.65 Å². The summed E-state index contributed by atoms with van der Waals surface area (Å²) in [4.78, 5) is 0. The van der Waals surface area contributed by atoms with E-state index in [1.165, 1.54) is 25.7 Å². The Balaban J connectivity index is 2.17. The number of alkyl halides is 2. The Morgan fingerprint density at radius 2 is 1.10 bits per heavy atom. The van der Waals surface area contributed by atoms with Crippen LogP contribution in [0.2, 0.25) is 0 Å². The normalized spacial score (nSPS) is 70.2. The third-order valence-corrected chi connectivity index (χ3v) is 7.16. The number of hydrogen-bond acceptors (Lipinski definition) is 0. The predicted molar refractivity (Wildman–Crippen MR) is 48.8 cm³/mol. The van der Waals surface area contributed by atoms with E-state index in [0.717, 1.165) is 11.8 Å². The molecule has 0 aromatic heterocycles. The van der Waals surface area contributed by atoms with Crippen molar-refractivity contribution in [3.05, 3.63) is 0 Å². The largest absolute Gasteiger partial charge is 0.0838 e. The van der Waals surface area contributed by atoms with Gasteiger partial charge in [0.2, 0.25) is 0 Å². The molecule has 4 saturated carbocycles. The molecule has 0 amide bonds. The van der Waals surface area contributed by atoms with Crippen molar-refractivity contribution in [2.24, 2.45) is 11.8 Å². The monoisotopic (exact) mass is 264 g/mol. The van der Waals surface area contributed by atoms with Crippen LogP contribution in [0.1, 0.15) is 25.7 Å². The second-order valence-corrected chi connectivity index (χ2v) is 7.30. The Morgan fingerprint density at radius 3 is 1.20 bits per heavy atom. The zero-order valence-corrected chi connectivity index (χ0v) is 8.91. The van der Waals surface area contributed by atoms with Gasteiger partial charge in [-0.15, -0.1) is 0 Å². The molecule has 4 bridgehead atoms. The SMILES string of the molecule is BrC12CC3CC1(Br)CC3C2. The highest BCUT2D eigenvalue weighted by Gasteiger charge is 2.69. The van der Waals surface area contributed by atoms with Crippen LogP contribution in [-0.4, -0.2) is 8.65 Å². The third kappa shape index (κ3) is 0.492. The average Bonchev–Trinajstić information content (AvgIpc) is 2.27. The zero-order chi connectivity index (χ0) is 6.98. The van der Waals surface area contributed by atoms with E-state index in [2.05, 4.69) is 31.9 Å². The molecule has 4 aliphatic rings. The summed E-state index contributed by atoms with van der Waals surface area (Å²) in [6.07, 6.45) is 5.73. The van der Waals surface area contributed by atoms with Crippen LogP contribution in [-0.2, 0) is 0 Å². The molecule has 0 heterocycles. The zero-order valence-electron chi connectivity index (χ0n) is 5.74. The van der Waals surface area contributed by atoms with Crippen molar-refractivity contribution < 1.29 is 0 Å². The van der Waals surface area contributed by atoms with E-state index < -0.39 is 0 Å². The third-order valence-electron chi connectivity index (χ3n) is 3.81. The topological polar surface area (TPSA) is 0 Å². The second-order valence-electron chi connectivity index (χ2n) is 4.27. The summed E-state index contributed by atoms with van der Waals surface area (Å²) in [5, 5.41) is 0. The van der Waals surface area contributed by atoms with E-state index in [0.29, 0.717) is 8.65 Å². The van der Waals surface area contributed by atoms with Crippen LogP contribution in [0.5, 0.6) is 0 Å². The first-order chi connectivity index (χ1) is 4.63. The lowest BCUT2D eigenvalue weighted by molar-refractivity contribution is 0.457. The summed E-state index contributed by atoms with van der Waals surface area (Å²) in [5.74, 6) is 2.11. The highest BCUT2D eigenvalue weighted by atomic mass is 79.9. The number of halogens is 2. The molecule has 2 heteroatoms. The van der Waals surface area contributed by atoms with Gasteiger partial charge in [0.15, 0.2) is 0 Å². The Bertz CT molecular complexity index is 165. The van der Waals surface area contributed by atoms with E-state index in [1.807, 2.05) is 0 Å².